The van der Waals surface area contributed by atoms with Crippen molar-refractivity contribution in [3.8, 4) is 0 Å². The summed E-state index contributed by atoms with van der Waals surface area (Å²) in [6.07, 6.45) is 0.476. The van der Waals surface area contributed by atoms with Crippen molar-refractivity contribution in [3.05, 3.63) is 58.1 Å². The summed E-state index contributed by atoms with van der Waals surface area (Å²) in [7, 11) is 0. The maximum atomic E-state index is 12.2. The largest absolute Gasteiger partial charge is 0.464 e. The van der Waals surface area contributed by atoms with E-state index >= 15 is 0 Å². The van der Waals surface area contributed by atoms with Crippen molar-refractivity contribution in [1.82, 2.24) is 5.32 Å². The molecule has 1 unspecified atom stereocenters. The number of benzene rings is 2. The quantitative estimate of drug-likeness (QED) is 0.0875. The molecule has 2 rings (SSSR count). The molecule has 14 heteroatoms. The molecule has 2 aromatic carbocycles. The van der Waals surface area contributed by atoms with E-state index < -0.39 is 34.6 Å². The second-order valence-electron chi connectivity index (χ2n) is 8.13. The zero-order chi connectivity index (χ0) is 28.8. The summed E-state index contributed by atoms with van der Waals surface area (Å²) >= 11 is 0. The first-order valence-electron chi connectivity index (χ1n) is 11.8. The Morgan fingerprint density at radius 2 is 1.62 bits per heavy atom. The number of hydrogen-bond acceptors (Lipinski definition) is 12. The summed E-state index contributed by atoms with van der Waals surface area (Å²) in [4.78, 5) is 57.6. The standard InChI is InChI=1S/C25H29N5O9/c1-17(26-16-31)15-39-25(34)20-4-9-23(24(14-20)30(35)36)28-27-21-5-7-22(8-6-21)29(10-12-37-18(2)32)11-13-38-19(3)33/h4-9,14,16-17H,10-13,15H2,1-3H3,(H,26,31). The number of nitrogens with one attached hydrogen (secondary N) is 1. The second-order valence-corrected chi connectivity index (χ2v) is 8.13. The predicted octanol–water partition coefficient (Wildman–Crippen LogP) is 3.23. The summed E-state index contributed by atoms with van der Waals surface area (Å²) in [5.41, 5.74) is 0.575. The average Bonchev–Trinajstić information content (AvgIpc) is 2.89. The van der Waals surface area contributed by atoms with Gasteiger partial charge in [-0.2, -0.15) is 5.11 Å². The van der Waals surface area contributed by atoms with Gasteiger partial charge in [0.2, 0.25) is 6.41 Å². The van der Waals surface area contributed by atoms with Crippen molar-refractivity contribution in [2.24, 2.45) is 10.2 Å². The first-order chi connectivity index (χ1) is 18.6. The highest BCUT2D eigenvalue weighted by atomic mass is 16.6. The van der Waals surface area contributed by atoms with Crippen LogP contribution >= 0.6 is 0 Å². The molecule has 0 radical (unpaired) electrons. The summed E-state index contributed by atoms with van der Waals surface area (Å²) in [6, 6.07) is 9.96. The van der Waals surface area contributed by atoms with E-state index in [1.807, 2.05) is 4.90 Å². The van der Waals surface area contributed by atoms with E-state index in [9.17, 15) is 29.3 Å². The number of carbonyl (C=O) groups excluding carboxylic acids is 4. The SMILES string of the molecule is CC(=O)OCCN(CCOC(C)=O)c1ccc(N=Nc2ccc(C(=O)OCC(C)NC=O)cc2[N+](=O)[O-])cc1. The van der Waals surface area contributed by atoms with Crippen LogP contribution in [0.25, 0.3) is 0 Å². The highest BCUT2D eigenvalue weighted by molar-refractivity contribution is 5.91. The minimum atomic E-state index is -0.788. The molecule has 0 heterocycles. The fraction of sp³-hybridized carbons (Fsp3) is 0.360. The number of rotatable bonds is 15. The Bertz CT molecular complexity index is 1180. The number of carbonyl (C=O) groups is 4. The van der Waals surface area contributed by atoms with Crippen molar-refractivity contribution in [3.63, 3.8) is 0 Å². The molecule has 14 nitrogen and oxygen atoms in total. The molecule has 0 fully saturated rings. The summed E-state index contributed by atoms with van der Waals surface area (Å²) in [5, 5.41) is 22.0. The third-order valence-corrected chi connectivity index (χ3v) is 5.05. The maximum absolute atomic E-state index is 12.2. The Morgan fingerprint density at radius 1 is 1.00 bits per heavy atom. The van der Waals surface area contributed by atoms with Gasteiger partial charge in [-0.05, 0) is 43.3 Å². The number of anilines is 1. The van der Waals surface area contributed by atoms with Crippen molar-refractivity contribution < 1.29 is 38.3 Å². The summed E-state index contributed by atoms with van der Waals surface area (Å²) < 4.78 is 15.1. The van der Waals surface area contributed by atoms with Crippen molar-refractivity contribution in [1.29, 1.82) is 0 Å². The maximum Gasteiger partial charge on any atom is 0.338 e. The fourth-order valence-electron chi connectivity index (χ4n) is 3.14. The van der Waals surface area contributed by atoms with Gasteiger partial charge in [-0.3, -0.25) is 24.5 Å². The van der Waals surface area contributed by atoms with Gasteiger partial charge in [0.05, 0.1) is 35.3 Å². The number of esters is 3. The van der Waals surface area contributed by atoms with Crippen LogP contribution < -0.4 is 10.2 Å². The highest BCUT2D eigenvalue weighted by Crippen LogP contribution is 2.31. The van der Waals surface area contributed by atoms with Gasteiger partial charge in [0.1, 0.15) is 19.8 Å². The lowest BCUT2D eigenvalue weighted by Gasteiger charge is -2.24. The van der Waals surface area contributed by atoms with Crippen LogP contribution in [0.3, 0.4) is 0 Å². The van der Waals surface area contributed by atoms with Crippen LogP contribution in [-0.4, -0.2) is 68.2 Å². The third-order valence-electron chi connectivity index (χ3n) is 5.05. The fourth-order valence-corrected chi connectivity index (χ4v) is 3.14. The number of ether oxygens (including phenoxy) is 3. The van der Waals surface area contributed by atoms with E-state index in [4.69, 9.17) is 14.2 Å². The molecule has 0 aliphatic heterocycles. The lowest BCUT2D eigenvalue weighted by atomic mass is 10.2. The Morgan fingerprint density at radius 3 is 2.15 bits per heavy atom. The lowest BCUT2D eigenvalue weighted by Crippen LogP contribution is -2.31. The van der Waals surface area contributed by atoms with Gasteiger partial charge in [0.25, 0.3) is 5.69 Å². The molecule has 0 saturated carbocycles. The van der Waals surface area contributed by atoms with E-state index in [1.165, 1.54) is 26.0 Å². The number of nitro benzene ring substituents is 1. The van der Waals surface area contributed by atoms with Gasteiger partial charge in [-0.1, -0.05) is 0 Å². The monoisotopic (exact) mass is 543 g/mol. The van der Waals surface area contributed by atoms with Gasteiger partial charge in [-0.25, -0.2) is 4.79 Å². The second kappa shape index (κ2) is 15.4. The van der Waals surface area contributed by atoms with Gasteiger partial charge in [0.15, 0.2) is 5.69 Å². The molecule has 1 atom stereocenters. The van der Waals surface area contributed by atoms with Crippen LogP contribution in [-0.2, 0) is 28.6 Å². The molecule has 0 spiro atoms. The molecular formula is C25H29N5O9. The van der Waals surface area contributed by atoms with E-state index in [0.717, 1.165) is 11.8 Å². The van der Waals surface area contributed by atoms with Crippen LogP contribution in [0, 0.1) is 10.1 Å². The molecule has 0 saturated heterocycles. The molecule has 0 bridgehead atoms. The Kier molecular flexibility index (Phi) is 12.0. The number of azo groups is 1. The van der Waals surface area contributed by atoms with Crippen LogP contribution in [0.5, 0.6) is 0 Å². The van der Waals surface area contributed by atoms with Crippen molar-refractivity contribution in [2.45, 2.75) is 26.8 Å². The molecule has 208 valence electrons. The van der Waals surface area contributed by atoms with Crippen molar-refractivity contribution >= 4 is 47.1 Å². The zero-order valence-corrected chi connectivity index (χ0v) is 21.7. The molecule has 0 aliphatic carbocycles. The smallest absolute Gasteiger partial charge is 0.338 e. The highest BCUT2D eigenvalue weighted by Gasteiger charge is 2.19. The van der Waals surface area contributed by atoms with Crippen LogP contribution in [0.4, 0.5) is 22.7 Å². The Hall–Kier alpha value is -4.88. The van der Waals surface area contributed by atoms with Gasteiger partial charge in [-0.15, -0.1) is 5.11 Å². The molecule has 1 amide bonds. The topological polar surface area (TPSA) is 179 Å². The van der Waals surface area contributed by atoms with E-state index in [2.05, 4.69) is 15.5 Å². The van der Waals surface area contributed by atoms with E-state index in [-0.39, 0.29) is 31.1 Å². The van der Waals surface area contributed by atoms with E-state index in [1.54, 1.807) is 31.2 Å². The summed E-state index contributed by atoms with van der Waals surface area (Å²) in [5.74, 6) is -1.61. The van der Waals surface area contributed by atoms with Crippen LogP contribution in [0.1, 0.15) is 31.1 Å². The molecular weight excluding hydrogens is 514 g/mol. The van der Waals surface area contributed by atoms with Crippen LogP contribution in [0.15, 0.2) is 52.7 Å². The molecule has 1 N–H and O–H groups in total. The minimum absolute atomic E-state index is 0.0501. The van der Waals surface area contributed by atoms with E-state index in [0.29, 0.717) is 25.2 Å². The third kappa shape index (κ3) is 10.6. The molecule has 2 aromatic rings. The first-order valence-corrected chi connectivity index (χ1v) is 11.8. The average molecular weight is 544 g/mol. The number of nitrogens with zero attached hydrogens (tertiary/aromatic N) is 4. The van der Waals surface area contributed by atoms with Crippen LogP contribution in [0.2, 0.25) is 0 Å². The zero-order valence-electron chi connectivity index (χ0n) is 21.7. The minimum Gasteiger partial charge on any atom is -0.464 e. The Labute approximate surface area is 224 Å². The summed E-state index contributed by atoms with van der Waals surface area (Å²) in [6.45, 7) is 5.13. The van der Waals surface area contributed by atoms with Gasteiger partial charge >= 0.3 is 17.9 Å². The molecule has 39 heavy (non-hydrogen) atoms. The van der Waals surface area contributed by atoms with Crippen molar-refractivity contribution in [2.75, 3.05) is 37.8 Å². The molecule has 0 aromatic heterocycles. The number of nitro groups is 1. The first kappa shape index (κ1) is 30.3. The predicted molar refractivity (Wildman–Crippen MR) is 138 cm³/mol. The number of hydrogen-bond donors (Lipinski definition) is 1. The molecule has 0 aliphatic rings. The lowest BCUT2D eigenvalue weighted by molar-refractivity contribution is -0.384. The Balaban J connectivity index is 2.14. The van der Waals surface area contributed by atoms with Gasteiger partial charge in [0, 0.05) is 25.6 Å². The van der Waals surface area contributed by atoms with Gasteiger partial charge < -0.3 is 24.4 Å². The number of amides is 1. The normalized spacial score (nSPS) is 11.4.